The van der Waals surface area contributed by atoms with Crippen molar-refractivity contribution in [2.75, 3.05) is 27.9 Å². The van der Waals surface area contributed by atoms with Gasteiger partial charge in [0.15, 0.2) is 0 Å². The second kappa shape index (κ2) is 8.47. The molecule has 164 valence electrons. The van der Waals surface area contributed by atoms with Crippen molar-refractivity contribution in [1.82, 2.24) is 0 Å². The molecule has 1 N–H and O–H groups in total. The SMILES string of the molecule is CCOc1c(C)cc(S(=O)(=O)Nc2ccc3c(c2)N(S(=O)(=O)CC)CCC3)cc1C. The molecule has 0 saturated heterocycles. The Kier molecular flexibility index (Phi) is 6.33. The Hall–Kier alpha value is -2.26. The van der Waals surface area contributed by atoms with Gasteiger partial charge >= 0.3 is 0 Å². The van der Waals surface area contributed by atoms with Gasteiger partial charge in [-0.15, -0.1) is 0 Å². The van der Waals surface area contributed by atoms with Crippen molar-refractivity contribution in [3.63, 3.8) is 0 Å². The van der Waals surface area contributed by atoms with Crippen molar-refractivity contribution in [3.05, 3.63) is 47.0 Å². The Morgan fingerprint density at radius 1 is 1.03 bits per heavy atom. The molecule has 2 aromatic carbocycles. The quantitative estimate of drug-likeness (QED) is 0.693. The molecule has 0 aliphatic carbocycles. The third kappa shape index (κ3) is 4.41. The number of benzene rings is 2. The fourth-order valence-electron chi connectivity index (χ4n) is 3.70. The molecule has 30 heavy (non-hydrogen) atoms. The summed E-state index contributed by atoms with van der Waals surface area (Å²) in [5, 5.41) is 0. The van der Waals surface area contributed by atoms with Crippen LogP contribution < -0.4 is 13.8 Å². The van der Waals surface area contributed by atoms with Gasteiger partial charge in [0.05, 0.1) is 28.6 Å². The number of hydrogen-bond donors (Lipinski definition) is 1. The number of hydrogen-bond acceptors (Lipinski definition) is 5. The molecule has 2 aromatic rings. The maximum atomic E-state index is 13.0. The Labute approximate surface area is 179 Å². The lowest BCUT2D eigenvalue weighted by Crippen LogP contribution is -2.36. The summed E-state index contributed by atoms with van der Waals surface area (Å²) in [5.74, 6) is 0.679. The predicted octanol–water partition coefficient (Wildman–Crippen LogP) is 3.61. The molecule has 0 amide bonds. The Morgan fingerprint density at radius 3 is 2.30 bits per heavy atom. The number of anilines is 2. The molecular formula is C21H28N2O5S2. The molecule has 0 radical (unpaired) electrons. The summed E-state index contributed by atoms with van der Waals surface area (Å²) >= 11 is 0. The summed E-state index contributed by atoms with van der Waals surface area (Å²) in [7, 11) is -7.28. The second-order valence-electron chi connectivity index (χ2n) is 7.34. The highest BCUT2D eigenvalue weighted by atomic mass is 32.2. The van der Waals surface area contributed by atoms with E-state index in [0.29, 0.717) is 30.3 Å². The average Bonchev–Trinajstić information content (AvgIpc) is 2.69. The van der Waals surface area contributed by atoms with Crippen LogP contribution in [0, 0.1) is 13.8 Å². The average molecular weight is 453 g/mol. The molecule has 0 atom stereocenters. The number of aryl methyl sites for hydroxylation is 3. The lowest BCUT2D eigenvalue weighted by Gasteiger charge is -2.30. The minimum atomic E-state index is -3.85. The van der Waals surface area contributed by atoms with Crippen LogP contribution in [0.3, 0.4) is 0 Å². The third-order valence-corrected chi connectivity index (χ3v) is 8.29. The number of rotatable bonds is 7. The number of nitrogens with one attached hydrogen (secondary N) is 1. The minimum Gasteiger partial charge on any atom is -0.493 e. The van der Waals surface area contributed by atoms with E-state index in [0.717, 1.165) is 29.5 Å². The van der Waals surface area contributed by atoms with E-state index in [-0.39, 0.29) is 10.6 Å². The van der Waals surface area contributed by atoms with Gasteiger partial charge < -0.3 is 4.74 Å². The summed E-state index contributed by atoms with van der Waals surface area (Å²) in [6.45, 7) is 8.00. The van der Waals surface area contributed by atoms with Gasteiger partial charge in [0.2, 0.25) is 10.0 Å². The van der Waals surface area contributed by atoms with Crippen molar-refractivity contribution < 1.29 is 21.6 Å². The summed E-state index contributed by atoms with van der Waals surface area (Å²) in [4.78, 5) is 0.136. The maximum Gasteiger partial charge on any atom is 0.261 e. The van der Waals surface area contributed by atoms with E-state index < -0.39 is 20.0 Å². The van der Waals surface area contributed by atoms with Gasteiger partial charge in [0.25, 0.3) is 10.0 Å². The molecule has 1 heterocycles. The number of nitrogens with zero attached hydrogens (tertiary/aromatic N) is 1. The van der Waals surface area contributed by atoms with E-state index >= 15 is 0 Å². The smallest absolute Gasteiger partial charge is 0.261 e. The molecular weight excluding hydrogens is 424 g/mol. The van der Waals surface area contributed by atoms with Gasteiger partial charge in [-0.2, -0.15) is 0 Å². The summed E-state index contributed by atoms with van der Waals surface area (Å²) in [5.41, 5.74) is 3.25. The maximum absolute atomic E-state index is 13.0. The van der Waals surface area contributed by atoms with Gasteiger partial charge in [0, 0.05) is 6.54 Å². The summed E-state index contributed by atoms with van der Waals surface area (Å²) in [6.07, 6.45) is 1.50. The van der Waals surface area contributed by atoms with Gasteiger partial charge in [-0.05, 0) is 81.5 Å². The molecule has 0 saturated carbocycles. The van der Waals surface area contributed by atoms with Crippen LogP contribution in [0.15, 0.2) is 35.2 Å². The van der Waals surface area contributed by atoms with Gasteiger partial charge in [-0.25, -0.2) is 16.8 Å². The third-order valence-electron chi connectivity index (χ3n) is 5.15. The fraction of sp³-hybridized carbons (Fsp3) is 0.429. The number of ether oxygens (including phenoxy) is 1. The topological polar surface area (TPSA) is 92.8 Å². The van der Waals surface area contributed by atoms with Crippen LogP contribution in [-0.2, 0) is 26.5 Å². The minimum absolute atomic E-state index is 0.00682. The highest BCUT2D eigenvalue weighted by molar-refractivity contribution is 7.93. The van der Waals surface area contributed by atoms with Crippen molar-refractivity contribution in [1.29, 1.82) is 0 Å². The molecule has 0 unspecified atom stereocenters. The first kappa shape index (κ1) is 22.4. The fourth-order valence-corrected chi connectivity index (χ4v) is 6.11. The van der Waals surface area contributed by atoms with Crippen LogP contribution in [0.25, 0.3) is 0 Å². The monoisotopic (exact) mass is 452 g/mol. The Morgan fingerprint density at radius 2 is 1.70 bits per heavy atom. The van der Waals surface area contributed by atoms with Crippen molar-refractivity contribution in [2.24, 2.45) is 0 Å². The molecule has 0 fully saturated rings. The number of fused-ring (bicyclic) bond motifs is 1. The Bertz CT molecular complexity index is 1130. The normalized spacial score (nSPS) is 14.3. The summed E-state index contributed by atoms with van der Waals surface area (Å²) in [6, 6.07) is 8.22. The van der Waals surface area contributed by atoms with E-state index in [9.17, 15) is 16.8 Å². The van der Waals surface area contributed by atoms with E-state index in [4.69, 9.17) is 4.74 Å². The van der Waals surface area contributed by atoms with Gasteiger partial charge in [-0.1, -0.05) is 6.07 Å². The Balaban J connectivity index is 1.96. The highest BCUT2D eigenvalue weighted by Crippen LogP contribution is 2.33. The molecule has 3 rings (SSSR count). The standard InChI is InChI=1S/C21H28N2O5S2/c1-5-28-21-15(3)12-19(13-16(21)4)30(26,27)22-18-10-9-17-8-7-11-23(20(17)14-18)29(24,25)6-2/h9-10,12-14,22H,5-8,11H2,1-4H3. The lowest BCUT2D eigenvalue weighted by atomic mass is 10.0. The number of sulfonamides is 2. The van der Waals surface area contributed by atoms with Crippen LogP contribution in [0.2, 0.25) is 0 Å². The van der Waals surface area contributed by atoms with E-state index in [1.54, 1.807) is 37.3 Å². The highest BCUT2D eigenvalue weighted by Gasteiger charge is 2.27. The van der Waals surface area contributed by atoms with Crippen LogP contribution in [0.4, 0.5) is 11.4 Å². The molecule has 0 spiro atoms. The largest absolute Gasteiger partial charge is 0.493 e. The second-order valence-corrected chi connectivity index (χ2v) is 11.2. The molecule has 1 aliphatic rings. The van der Waals surface area contributed by atoms with E-state index in [1.807, 2.05) is 20.8 Å². The van der Waals surface area contributed by atoms with Crippen molar-refractivity contribution in [2.45, 2.75) is 45.4 Å². The van der Waals surface area contributed by atoms with Gasteiger partial charge in [-0.3, -0.25) is 9.03 Å². The van der Waals surface area contributed by atoms with Crippen molar-refractivity contribution >= 4 is 31.4 Å². The zero-order valence-corrected chi connectivity index (χ0v) is 19.4. The summed E-state index contributed by atoms with van der Waals surface area (Å²) < 4.78 is 60.5. The molecule has 0 aromatic heterocycles. The predicted molar refractivity (Wildman–Crippen MR) is 119 cm³/mol. The lowest BCUT2D eigenvalue weighted by molar-refractivity contribution is 0.335. The van der Waals surface area contributed by atoms with E-state index in [1.165, 1.54) is 4.31 Å². The molecule has 9 heteroatoms. The van der Waals surface area contributed by atoms with Crippen LogP contribution in [0.1, 0.15) is 37.0 Å². The van der Waals surface area contributed by atoms with Gasteiger partial charge in [0.1, 0.15) is 5.75 Å². The van der Waals surface area contributed by atoms with Crippen LogP contribution in [0.5, 0.6) is 5.75 Å². The van der Waals surface area contributed by atoms with E-state index in [2.05, 4.69) is 4.72 Å². The molecule has 1 aliphatic heterocycles. The molecule has 0 bridgehead atoms. The first-order valence-corrected chi connectivity index (χ1v) is 13.1. The first-order valence-electron chi connectivity index (χ1n) is 9.99. The van der Waals surface area contributed by atoms with Crippen molar-refractivity contribution in [3.8, 4) is 5.75 Å². The van der Waals surface area contributed by atoms with Crippen LogP contribution in [-0.4, -0.2) is 35.7 Å². The zero-order chi connectivity index (χ0) is 22.1. The first-order chi connectivity index (χ1) is 14.1. The van der Waals surface area contributed by atoms with Crippen LogP contribution >= 0.6 is 0 Å². The zero-order valence-electron chi connectivity index (χ0n) is 17.7. The molecule has 7 nitrogen and oxygen atoms in total.